The van der Waals surface area contributed by atoms with Gasteiger partial charge in [0.15, 0.2) is 0 Å². The fourth-order valence-electron chi connectivity index (χ4n) is 2.65. The van der Waals surface area contributed by atoms with Crippen LogP contribution in [0.3, 0.4) is 0 Å². The molecule has 1 amide bonds. The van der Waals surface area contributed by atoms with Crippen LogP contribution >= 0.6 is 39.9 Å². The molecule has 0 aliphatic carbocycles. The molecule has 2 aromatic carbocycles. The molecule has 0 aromatic heterocycles. The van der Waals surface area contributed by atoms with E-state index in [0.29, 0.717) is 27.1 Å². The van der Waals surface area contributed by atoms with E-state index in [1.165, 1.54) is 11.4 Å². The maximum atomic E-state index is 12.9. The number of benzene rings is 2. The molecule has 3 rings (SSSR count). The van der Waals surface area contributed by atoms with Crippen molar-refractivity contribution in [2.24, 2.45) is 0 Å². The molecule has 158 valence electrons. The van der Waals surface area contributed by atoms with Crippen molar-refractivity contribution in [2.45, 2.75) is 18.7 Å². The Morgan fingerprint density at radius 3 is 2.60 bits per heavy atom. The Morgan fingerprint density at radius 1 is 1.23 bits per heavy atom. The Bertz CT molecular complexity index is 1160. The summed E-state index contributed by atoms with van der Waals surface area (Å²) >= 11 is 9.63. The number of nitrogens with one attached hydrogen (secondary N) is 1. The molecule has 1 aliphatic heterocycles. The molecule has 0 bridgehead atoms. The fourth-order valence-corrected chi connectivity index (χ4v) is 5.34. The van der Waals surface area contributed by atoms with Gasteiger partial charge in [-0.1, -0.05) is 52.9 Å². The lowest BCUT2D eigenvalue weighted by Gasteiger charge is -2.19. The second-order valence-corrected chi connectivity index (χ2v) is 11.2. The van der Waals surface area contributed by atoms with Gasteiger partial charge >= 0.3 is 0 Å². The van der Waals surface area contributed by atoms with Gasteiger partial charge in [-0.2, -0.15) is 0 Å². The zero-order valence-corrected chi connectivity index (χ0v) is 20.5. The van der Waals surface area contributed by atoms with E-state index in [-0.39, 0.29) is 16.6 Å². The van der Waals surface area contributed by atoms with Gasteiger partial charge in [0.1, 0.15) is 20.7 Å². The molecular weight excluding hydrogens is 508 g/mol. The summed E-state index contributed by atoms with van der Waals surface area (Å²) in [4.78, 5) is 12.6. The Kier molecular flexibility index (Phi) is 7.03. The molecule has 0 spiro atoms. The molecule has 1 heterocycles. The van der Waals surface area contributed by atoms with Gasteiger partial charge in [-0.15, -0.1) is 0 Å². The number of nitrogens with zero attached hydrogens (tertiary/aromatic N) is 1. The summed E-state index contributed by atoms with van der Waals surface area (Å²) in [7, 11) is -2.20. The molecule has 1 N–H and O–H groups in total. The lowest BCUT2D eigenvalue weighted by Crippen LogP contribution is -2.26. The van der Waals surface area contributed by atoms with E-state index >= 15 is 0 Å². The lowest BCUT2D eigenvalue weighted by atomic mass is 10.1. The first kappa shape index (κ1) is 23.0. The minimum atomic E-state index is -3.72. The predicted octanol–water partition coefficient (Wildman–Crippen LogP) is 4.68. The smallest absolute Gasteiger partial charge is 0.263 e. The van der Waals surface area contributed by atoms with E-state index in [0.717, 1.165) is 21.8 Å². The summed E-state index contributed by atoms with van der Waals surface area (Å²) in [6.07, 6.45) is 1.67. The number of thiocarbonyl (C=S) groups is 1. The molecule has 30 heavy (non-hydrogen) atoms. The van der Waals surface area contributed by atoms with Crippen LogP contribution in [0, 0.1) is 6.92 Å². The number of carbonyl (C=O) groups is 1. The van der Waals surface area contributed by atoms with Crippen LogP contribution in [0.15, 0.2) is 50.7 Å². The van der Waals surface area contributed by atoms with E-state index in [9.17, 15) is 13.2 Å². The molecule has 0 radical (unpaired) electrons. The number of aryl methyl sites for hydroxylation is 1. The van der Waals surface area contributed by atoms with E-state index in [2.05, 4.69) is 21.2 Å². The summed E-state index contributed by atoms with van der Waals surface area (Å²) in [5.41, 5.74) is 1.47. The summed E-state index contributed by atoms with van der Waals surface area (Å²) < 4.78 is 34.4. The van der Waals surface area contributed by atoms with Crippen LogP contribution in [0.5, 0.6) is 11.5 Å². The van der Waals surface area contributed by atoms with Crippen molar-refractivity contribution in [3.63, 3.8) is 0 Å². The number of ether oxygens (including phenoxy) is 1. The minimum Gasteiger partial charge on any atom is -0.455 e. The molecule has 0 unspecified atom stereocenters. The molecule has 0 saturated carbocycles. The van der Waals surface area contributed by atoms with Crippen molar-refractivity contribution in [3.8, 4) is 11.5 Å². The van der Waals surface area contributed by atoms with Gasteiger partial charge in [0.05, 0.1) is 4.91 Å². The first-order chi connectivity index (χ1) is 14.1. The van der Waals surface area contributed by atoms with Crippen molar-refractivity contribution in [1.82, 2.24) is 9.62 Å². The highest BCUT2D eigenvalue weighted by molar-refractivity contribution is 9.10. The Hall–Kier alpha value is -1.72. The van der Waals surface area contributed by atoms with Gasteiger partial charge < -0.3 is 10.1 Å². The van der Waals surface area contributed by atoms with Crippen LogP contribution in [0.4, 0.5) is 0 Å². The number of amides is 1. The highest BCUT2D eigenvalue weighted by Gasteiger charge is 2.26. The van der Waals surface area contributed by atoms with E-state index in [1.807, 2.05) is 6.92 Å². The molecule has 0 atom stereocenters. The summed E-state index contributed by atoms with van der Waals surface area (Å²) in [6.45, 7) is 3.95. The normalized spacial score (nSPS) is 15.7. The van der Waals surface area contributed by atoms with E-state index < -0.39 is 10.0 Å². The van der Waals surface area contributed by atoms with Crippen LogP contribution in [0.2, 0.25) is 0 Å². The van der Waals surface area contributed by atoms with Gasteiger partial charge in [0.25, 0.3) is 5.91 Å². The van der Waals surface area contributed by atoms with Crippen molar-refractivity contribution in [3.05, 3.63) is 56.9 Å². The van der Waals surface area contributed by atoms with E-state index in [1.54, 1.807) is 49.4 Å². The summed E-state index contributed by atoms with van der Waals surface area (Å²) in [6, 6.07) is 10.2. The number of thioether (sulfide) groups is 1. The highest BCUT2D eigenvalue weighted by atomic mass is 79.9. The van der Waals surface area contributed by atoms with Crippen molar-refractivity contribution >= 4 is 66.2 Å². The quantitative estimate of drug-likeness (QED) is 0.435. The highest BCUT2D eigenvalue weighted by Crippen LogP contribution is 2.36. The largest absolute Gasteiger partial charge is 0.455 e. The van der Waals surface area contributed by atoms with Crippen molar-refractivity contribution < 1.29 is 17.9 Å². The van der Waals surface area contributed by atoms with Crippen molar-refractivity contribution in [2.75, 3.05) is 13.6 Å². The van der Waals surface area contributed by atoms with Crippen LogP contribution in [-0.2, 0) is 14.8 Å². The van der Waals surface area contributed by atoms with Crippen LogP contribution in [0.25, 0.3) is 6.08 Å². The lowest BCUT2D eigenvalue weighted by molar-refractivity contribution is -0.115. The van der Waals surface area contributed by atoms with Crippen molar-refractivity contribution in [1.29, 1.82) is 0 Å². The number of hydrogen-bond donors (Lipinski definition) is 1. The molecular formula is C20H19BrN2O4S3. The molecule has 1 saturated heterocycles. The second kappa shape index (κ2) is 9.19. The van der Waals surface area contributed by atoms with Crippen LogP contribution in [-0.4, -0.2) is 36.5 Å². The zero-order valence-electron chi connectivity index (χ0n) is 16.4. The third-order valence-electron chi connectivity index (χ3n) is 4.35. The minimum absolute atomic E-state index is 0.0770. The Balaban J connectivity index is 2.08. The molecule has 1 aliphatic rings. The number of hydrogen-bond acceptors (Lipinski definition) is 6. The molecule has 1 fully saturated rings. The van der Waals surface area contributed by atoms with Gasteiger partial charge in [-0.05, 0) is 48.9 Å². The van der Waals surface area contributed by atoms with E-state index in [4.69, 9.17) is 17.0 Å². The first-order valence-corrected chi connectivity index (χ1v) is 12.4. The van der Waals surface area contributed by atoms with Gasteiger partial charge in [0, 0.05) is 23.6 Å². The average molecular weight is 527 g/mol. The third-order valence-corrected chi connectivity index (χ3v) is 7.98. The topological polar surface area (TPSA) is 75.7 Å². The third kappa shape index (κ3) is 4.94. The van der Waals surface area contributed by atoms with Gasteiger partial charge in [0.2, 0.25) is 10.0 Å². The summed E-state index contributed by atoms with van der Waals surface area (Å²) in [5, 5.41) is 2.58. The molecule has 10 heteroatoms. The molecule has 6 nitrogen and oxygen atoms in total. The standard InChI is InChI=1S/C20H19BrN2O4S3/c1-4-23(3)30(25,26)18-8-5-12(2)9-16(18)27-15-7-6-14(21)10-13(15)11-17-19(24)22-20(28)29-17/h5-11H,4H2,1-3H3,(H,22,24,28). The Morgan fingerprint density at radius 2 is 1.97 bits per heavy atom. The maximum Gasteiger partial charge on any atom is 0.263 e. The maximum absolute atomic E-state index is 12.9. The first-order valence-electron chi connectivity index (χ1n) is 8.91. The fraction of sp³-hybridized carbons (Fsp3) is 0.200. The van der Waals surface area contributed by atoms with Gasteiger partial charge in [-0.25, -0.2) is 12.7 Å². The summed E-state index contributed by atoms with van der Waals surface area (Å²) in [5.74, 6) is 0.355. The Labute approximate surface area is 193 Å². The number of rotatable bonds is 6. The SMILES string of the molecule is CCN(C)S(=O)(=O)c1ccc(C)cc1Oc1ccc(Br)cc1C=C1SC(=S)NC1=O. The molecule has 2 aromatic rings. The zero-order chi connectivity index (χ0) is 22.1. The monoisotopic (exact) mass is 526 g/mol. The number of sulfonamides is 1. The average Bonchev–Trinajstić information content (AvgIpc) is 3.00. The van der Waals surface area contributed by atoms with Gasteiger partial charge in [-0.3, -0.25) is 4.79 Å². The second-order valence-electron chi connectivity index (χ2n) is 6.51. The number of carbonyl (C=O) groups excluding carboxylic acids is 1. The number of halogens is 1. The van der Waals surface area contributed by atoms with Crippen LogP contribution < -0.4 is 10.1 Å². The van der Waals surface area contributed by atoms with Crippen LogP contribution in [0.1, 0.15) is 18.1 Å². The predicted molar refractivity (Wildman–Crippen MR) is 127 cm³/mol.